The van der Waals surface area contributed by atoms with Gasteiger partial charge in [-0.3, -0.25) is 4.21 Å². The van der Waals surface area contributed by atoms with Crippen LogP contribution in [0.25, 0.3) is 0 Å². The van der Waals surface area contributed by atoms with Gasteiger partial charge in [-0.15, -0.1) is 0 Å². The molecule has 7 heteroatoms. The topological polar surface area (TPSA) is 75.3 Å². The van der Waals surface area contributed by atoms with E-state index in [1.54, 1.807) is 13.2 Å². The molecule has 15 heavy (non-hydrogen) atoms. The van der Waals surface area contributed by atoms with Gasteiger partial charge in [0.1, 0.15) is 0 Å². The van der Waals surface area contributed by atoms with Crippen LogP contribution in [0.15, 0.2) is 0 Å². The predicted molar refractivity (Wildman–Crippen MR) is 63.9 cm³/mol. The lowest BCUT2D eigenvalue weighted by Crippen LogP contribution is -2.39. The van der Waals surface area contributed by atoms with Crippen molar-refractivity contribution in [3.05, 3.63) is 0 Å². The van der Waals surface area contributed by atoms with Gasteiger partial charge in [-0.2, -0.15) is 0 Å². The molecule has 0 aliphatic heterocycles. The van der Waals surface area contributed by atoms with Gasteiger partial charge in [0.05, 0.1) is 5.75 Å². The Morgan fingerprint density at radius 2 is 2.00 bits per heavy atom. The molecule has 2 N–H and O–H groups in total. The van der Waals surface area contributed by atoms with E-state index in [0.717, 1.165) is 6.54 Å². The van der Waals surface area contributed by atoms with Crippen LogP contribution in [0, 0.1) is 0 Å². The Morgan fingerprint density at radius 3 is 2.47 bits per heavy atom. The first-order valence-corrected chi connectivity index (χ1v) is 8.26. The standard InChI is InChI=1S/C8H20N2O3S2/c1-4-9-5-6-15(12,13)10-8(2)7-14(3)11/h8-10H,4-7H2,1-3H3. The maximum Gasteiger partial charge on any atom is 0.213 e. The lowest BCUT2D eigenvalue weighted by molar-refractivity contribution is 0.566. The molecule has 0 bridgehead atoms. The molecule has 0 rings (SSSR count). The molecule has 5 nitrogen and oxygen atoms in total. The van der Waals surface area contributed by atoms with Crippen LogP contribution in [-0.4, -0.2) is 49.5 Å². The van der Waals surface area contributed by atoms with E-state index in [2.05, 4.69) is 10.0 Å². The summed E-state index contributed by atoms with van der Waals surface area (Å²) in [4.78, 5) is 0. The Morgan fingerprint density at radius 1 is 1.40 bits per heavy atom. The van der Waals surface area contributed by atoms with Crippen molar-refractivity contribution in [2.75, 3.05) is 30.9 Å². The van der Waals surface area contributed by atoms with Crippen molar-refractivity contribution >= 4 is 20.8 Å². The highest BCUT2D eigenvalue weighted by Gasteiger charge is 2.14. The monoisotopic (exact) mass is 256 g/mol. The third-order valence-corrected chi connectivity index (χ3v) is 4.14. The Labute approximate surface area is 94.5 Å². The van der Waals surface area contributed by atoms with Gasteiger partial charge >= 0.3 is 0 Å². The second-order valence-electron chi connectivity index (χ2n) is 3.43. The molecule has 0 heterocycles. The van der Waals surface area contributed by atoms with Crippen LogP contribution in [0.3, 0.4) is 0 Å². The van der Waals surface area contributed by atoms with Crippen molar-refractivity contribution in [1.29, 1.82) is 0 Å². The Bertz CT molecular complexity index is 290. The van der Waals surface area contributed by atoms with Gasteiger partial charge in [-0.1, -0.05) is 6.92 Å². The van der Waals surface area contributed by atoms with E-state index in [9.17, 15) is 12.6 Å². The van der Waals surface area contributed by atoms with Crippen molar-refractivity contribution in [2.45, 2.75) is 19.9 Å². The second-order valence-corrected chi connectivity index (χ2v) is 6.78. The third kappa shape index (κ3) is 8.98. The minimum Gasteiger partial charge on any atom is -0.316 e. The first-order chi connectivity index (χ1) is 6.87. The van der Waals surface area contributed by atoms with E-state index in [1.807, 2.05) is 6.92 Å². The molecule has 0 aromatic heterocycles. The molecular weight excluding hydrogens is 236 g/mol. The molecule has 92 valence electrons. The van der Waals surface area contributed by atoms with Gasteiger partial charge in [0, 0.05) is 35.4 Å². The lowest BCUT2D eigenvalue weighted by Gasteiger charge is -2.12. The summed E-state index contributed by atoms with van der Waals surface area (Å²) >= 11 is 0. The Kier molecular flexibility index (Phi) is 7.33. The average Bonchev–Trinajstić information content (AvgIpc) is 2.00. The van der Waals surface area contributed by atoms with Crippen LogP contribution in [0.4, 0.5) is 0 Å². The first-order valence-electron chi connectivity index (χ1n) is 4.88. The van der Waals surface area contributed by atoms with Crippen LogP contribution in [0.5, 0.6) is 0 Å². The fraction of sp³-hybridized carbons (Fsp3) is 1.00. The zero-order chi connectivity index (χ0) is 11.9. The van der Waals surface area contributed by atoms with Gasteiger partial charge in [-0.05, 0) is 13.5 Å². The van der Waals surface area contributed by atoms with Crippen molar-refractivity contribution in [2.24, 2.45) is 0 Å². The highest BCUT2D eigenvalue weighted by Crippen LogP contribution is 1.91. The van der Waals surface area contributed by atoms with Crippen LogP contribution in [-0.2, 0) is 20.8 Å². The summed E-state index contributed by atoms with van der Waals surface area (Å²) in [6.45, 7) is 4.83. The van der Waals surface area contributed by atoms with E-state index < -0.39 is 20.8 Å². The van der Waals surface area contributed by atoms with Crippen LogP contribution in [0.2, 0.25) is 0 Å². The molecule has 0 aliphatic carbocycles. The molecule has 0 aromatic rings. The van der Waals surface area contributed by atoms with Gasteiger partial charge in [0.15, 0.2) is 0 Å². The molecule has 0 fully saturated rings. The molecule has 0 aromatic carbocycles. The normalized spacial score (nSPS) is 16.2. The van der Waals surface area contributed by atoms with Crippen LogP contribution >= 0.6 is 0 Å². The highest BCUT2D eigenvalue weighted by atomic mass is 32.2. The summed E-state index contributed by atoms with van der Waals surface area (Å²) in [7, 11) is -4.23. The van der Waals surface area contributed by atoms with E-state index in [0.29, 0.717) is 12.3 Å². The van der Waals surface area contributed by atoms with Crippen molar-refractivity contribution in [3.8, 4) is 0 Å². The summed E-state index contributed by atoms with van der Waals surface area (Å²) in [5.74, 6) is 0.405. The molecular formula is C8H20N2O3S2. The molecule has 0 amide bonds. The third-order valence-electron chi connectivity index (χ3n) is 1.66. The molecule has 0 saturated carbocycles. The molecule has 0 aliphatic rings. The number of sulfonamides is 1. The summed E-state index contributed by atoms with van der Waals surface area (Å²) in [6, 6.07) is -0.276. The molecule has 0 spiro atoms. The van der Waals surface area contributed by atoms with Crippen LogP contribution < -0.4 is 10.0 Å². The lowest BCUT2D eigenvalue weighted by atomic mass is 10.4. The zero-order valence-corrected chi connectivity index (χ0v) is 11.1. The van der Waals surface area contributed by atoms with Gasteiger partial charge < -0.3 is 5.32 Å². The zero-order valence-electron chi connectivity index (χ0n) is 9.45. The van der Waals surface area contributed by atoms with Gasteiger partial charge in [0.2, 0.25) is 10.0 Å². The predicted octanol–water partition coefficient (Wildman–Crippen LogP) is -0.718. The van der Waals surface area contributed by atoms with Crippen LogP contribution in [0.1, 0.15) is 13.8 Å². The average molecular weight is 256 g/mol. The van der Waals surface area contributed by atoms with Crippen molar-refractivity contribution < 1.29 is 12.6 Å². The smallest absolute Gasteiger partial charge is 0.213 e. The minimum atomic E-state index is -3.25. The molecule has 2 unspecified atom stereocenters. The molecule has 2 atom stereocenters. The van der Waals surface area contributed by atoms with Gasteiger partial charge in [0.25, 0.3) is 0 Å². The quantitative estimate of drug-likeness (QED) is 0.562. The van der Waals surface area contributed by atoms with E-state index >= 15 is 0 Å². The van der Waals surface area contributed by atoms with E-state index in [-0.39, 0.29) is 11.8 Å². The first kappa shape index (κ1) is 15.0. The maximum atomic E-state index is 11.4. The van der Waals surface area contributed by atoms with Crippen molar-refractivity contribution in [3.63, 3.8) is 0 Å². The summed E-state index contributed by atoms with van der Waals surface area (Å²) in [5.41, 5.74) is 0. The summed E-state index contributed by atoms with van der Waals surface area (Å²) in [5, 5.41) is 2.94. The Balaban J connectivity index is 3.97. The fourth-order valence-electron chi connectivity index (χ4n) is 1.13. The number of hydrogen-bond donors (Lipinski definition) is 2. The Hall–Kier alpha value is 0.0200. The number of hydrogen-bond acceptors (Lipinski definition) is 4. The highest BCUT2D eigenvalue weighted by molar-refractivity contribution is 7.89. The van der Waals surface area contributed by atoms with Gasteiger partial charge in [-0.25, -0.2) is 13.1 Å². The number of rotatable bonds is 8. The molecule has 0 radical (unpaired) electrons. The minimum absolute atomic E-state index is 0.0571. The fourth-order valence-corrected chi connectivity index (χ4v) is 3.26. The summed E-state index contributed by atoms with van der Waals surface area (Å²) in [6.07, 6.45) is 1.56. The maximum absolute atomic E-state index is 11.4. The SMILES string of the molecule is CCNCCS(=O)(=O)NC(C)CS(C)=O. The molecule has 0 saturated heterocycles. The van der Waals surface area contributed by atoms with E-state index in [4.69, 9.17) is 0 Å². The number of nitrogens with one attached hydrogen (secondary N) is 2. The largest absolute Gasteiger partial charge is 0.316 e. The summed E-state index contributed by atoms with van der Waals surface area (Å²) < 4.78 is 36.2. The van der Waals surface area contributed by atoms with E-state index in [1.165, 1.54) is 0 Å². The second kappa shape index (κ2) is 7.32. The van der Waals surface area contributed by atoms with Crippen molar-refractivity contribution in [1.82, 2.24) is 10.0 Å².